The van der Waals surface area contributed by atoms with Crippen LogP contribution >= 0.6 is 0 Å². The molecule has 1 amide bonds. The van der Waals surface area contributed by atoms with Crippen molar-refractivity contribution in [3.63, 3.8) is 0 Å². The summed E-state index contributed by atoms with van der Waals surface area (Å²) in [6.45, 7) is 11.9. The number of nitrogens with one attached hydrogen (secondary N) is 1. The molecule has 0 saturated heterocycles. The summed E-state index contributed by atoms with van der Waals surface area (Å²) < 4.78 is 59.6. The zero-order chi connectivity index (χ0) is 39.8. The summed E-state index contributed by atoms with van der Waals surface area (Å²) in [5.74, 6) is -1.51. The Kier molecular flexibility index (Phi) is 47.3. The number of carboxylic acid groups (broad SMARTS) is 1. The van der Waals surface area contributed by atoms with Gasteiger partial charge in [0.1, 0.15) is 13.2 Å². The summed E-state index contributed by atoms with van der Waals surface area (Å²) >= 11 is 0. The highest BCUT2D eigenvalue weighted by Gasteiger charge is 2.03. The Morgan fingerprint density at radius 1 is 0.345 bits per heavy atom. The van der Waals surface area contributed by atoms with Crippen LogP contribution in [0.15, 0.2) is 0 Å². The van der Waals surface area contributed by atoms with Crippen molar-refractivity contribution in [2.24, 2.45) is 0 Å². The van der Waals surface area contributed by atoms with Crippen LogP contribution in [0.3, 0.4) is 0 Å². The molecule has 0 unspecified atom stereocenters. The van der Waals surface area contributed by atoms with E-state index in [1.807, 2.05) is 0 Å². The average molecular weight is 798 g/mol. The van der Waals surface area contributed by atoms with Crippen molar-refractivity contribution in [1.82, 2.24) is 5.32 Å². The molecule has 15 heteroatoms. The molecule has 0 aromatic carbocycles. The van der Waals surface area contributed by atoms with Crippen LogP contribution in [0.25, 0.3) is 0 Å². The predicted octanol–water partition coefficient (Wildman–Crippen LogP) is 4.85. The third-order valence-corrected chi connectivity index (χ3v) is 8.02. The minimum absolute atomic E-state index is 0.299. The lowest BCUT2D eigenvalue weighted by atomic mass is 10.0. The molecular formula is C40H79NO14. The molecule has 0 radical (unpaired) electrons. The number of unbranched alkanes of at least 4 members (excludes halogenated alkanes) is 13. The highest BCUT2D eigenvalue weighted by molar-refractivity contribution is 5.77. The summed E-state index contributed by atoms with van der Waals surface area (Å²) in [4.78, 5) is 21.7. The number of hydrogen-bond acceptors (Lipinski definition) is 13. The van der Waals surface area contributed by atoms with Gasteiger partial charge in [-0.25, -0.2) is 4.79 Å². The lowest BCUT2D eigenvalue weighted by molar-refractivity contribution is -0.143. The summed E-state index contributed by atoms with van der Waals surface area (Å²) in [6, 6.07) is 0. The minimum Gasteiger partial charge on any atom is -0.480 e. The number of amides is 1. The van der Waals surface area contributed by atoms with Crippen molar-refractivity contribution >= 4 is 11.9 Å². The van der Waals surface area contributed by atoms with Crippen LogP contribution in [0, 0.1) is 0 Å². The smallest absolute Gasteiger partial charge is 0.329 e. The quantitative estimate of drug-likeness (QED) is 0.0802. The van der Waals surface area contributed by atoms with Gasteiger partial charge < -0.3 is 62.5 Å². The summed E-state index contributed by atoms with van der Waals surface area (Å²) in [5.41, 5.74) is 0. The third-order valence-electron chi connectivity index (χ3n) is 8.02. The molecule has 0 saturated carbocycles. The Hall–Kier alpha value is -1.50. The fourth-order valence-corrected chi connectivity index (χ4v) is 5.02. The maximum Gasteiger partial charge on any atom is 0.329 e. The van der Waals surface area contributed by atoms with E-state index < -0.39 is 18.5 Å². The van der Waals surface area contributed by atoms with Gasteiger partial charge in [0.05, 0.1) is 126 Å². The van der Waals surface area contributed by atoms with Crippen molar-refractivity contribution < 1.29 is 66.8 Å². The molecule has 0 aliphatic rings. The van der Waals surface area contributed by atoms with Crippen molar-refractivity contribution in [2.45, 2.75) is 96.8 Å². The number of ether oxygens (including phenoxy) is 11. The molecule has 0 aliphatic heterocycles. The second kappa shape index (κ2) is 48.6. The predicted molar refractivity (Wildman–Crippen MR) is 210 cm³/mol. The van der Waals surface area contributed by atoms with E-state index in [-0.39, 0.29) is 6.61 Å². The molecule has 2 N–H and O–H groups in total. The maximum atomic E-state index is 11.4. The van der Waals surface area contributed by atoms with Gasteiger partial charge in [-0.1, -0.05) is 90.4 Å². The number of rotatable bonds is 49. The molecular weight excluding hydrogens is 718 g/mol. The lowest BCUT2D eigenvalue weighted by Gasteiger charge is -2.09. The van der Waals surface area contributed by atoms with Crippen LogP contribution in [0.2, 0.25) is 0 Å². The van der Waals surface area contributed by atoms with Gasteiger partial charge >= 0.3 is 5.97 Å². The Morgan fingerprint density at radius 2 is 0.618 bits per heavy atom. The van der Waals surface area contributed by atoms with Crippen LogP contribution in [0.4, 0.5) is 0 Å². The summed E-state index contributed by atoms with van der Waals surface area (Å²) in [5, 5.41) is 11.0. The second-order valence-electron chi connectivity index (χ2n) is 13.0. The van der Waals surface area contributed by atoms with Crippen LogP contribution < -0.4 is 5.32 Å². The monoisotopic (exact) mass is 798 g/mol. The van der Waals surface area contributed by atoms with E-state index in [4.69, 9.17) is 52.5 Å². The van der Waals surface area contributed by atoms with E-state index in [9.17, 15) is 9.59 Å². The molecule has 15 nitrogen and oxygen atoms in total. The SMILES string of the molecule is CCCCCCCCCCCCCCCCOCCOCCOCCOCCOCCOCCOCCOCCOCCOCCNC(=O)COCC(=O)O. The number of hydrogen-bond donors (Lipinski definition) is 2. The van der Waals surface area contributed by atoms with Gasteiger partial charge in [-0.05, 0) is 6.42 Å². The lowest BCUT2D eigenvalue weighted by Crippen LogP contribution is -2.31. The molecule has 0 aromatic rings. The topological polar surface area (TPSA) is 168 Å². The van der Waals surface area contributed by atoms with E-state index >= 15 is 0 Å². The molecule has 0 heterocycles. The largest absolute Gasteiger partial charge is 0.480 e. The number of carbonyl (C=O) groups excluding carboxylic acids is 1. The van der Waals surface area contributed by atoms with Crippen LogP contribution in [-0.4, -0.2) is 169 Å². The molecule has 0 aliphatic carbocycles. The summed E-state index contributed by atoms with van der Waals surface area (Å²) in [7, 11) is 0. The van der Waals surface area contributed by atoms with E-state index in [2.05, 4.69) is 17.0 Å². The van der Waals surface area contributed by atoms with Crippen molar-refractivity contribution in [3.8, 4) is 0 Å². The zero-order valence-electron chi connectivity index (χ0n) is 34.4. The average Bonchev–Trinajstić information content (AvgIpc) is 3.17. The van der Waals surface area contributed by atoms with Gasteiger partial charge in [0.2, 0.25) is 5.91 Å². The first kappa shape index (κ1) is 53.5. The van der Waals surface area contributed by atoms with E-state index in [0.717, 1.165) is 13.0 Å². The minimum atomic E-state index is -1.12. The molecule has 328 valence electrons. The van der Waals surface area contributed by atoms with E-state index in [1.165, 1.54) is 83.5 Å². The molecule has 0 atom stereocenters. The second-order valence-corrected chi connectivity index (χ2v) is 13.0. The highest BCUT2D eigenvalue weighted by atomic mass is 16.6. The number of carboxylic acids is 1. The summed E-state index contributed by atoms with van der Waals surface area (Å²) in [6.07, 6.45) is 19.2. The zero-order valence-corrected chi connectivity index (χ0v) is 34.4. The van der Waals surface area contributed by atoms with Crippen molar-refractivity contribution in [3.05, 3.63) is 0 Å². The molecule has 0 aromatic heterocycles. The first-order valence-electron chi connectivity index (χ1n) is 21.0. The van der Waals surface area contributed by atoms with E-state index in [1.54, 1.807) is 0 Å². The molecule has 0 spiro atoms. The molecule has 55 heavy (non-hydrogen) atoms. The maximum absolute atomic E-state index is 11.4. The standard InChI is InChI=1S/C40H79NO14/c1-2-3-4-5-6-7-8-9-10-11-12-13-14-15-17-45-19-21-47-23-25-49-27-29-51-31-33-53-35-36-54-34-32-52-30-28-50-26-24-48-22-20-46-18-16-41-39(42)37-55-38-40(43)44/h2-38H2,1H3,(H,41,42)(H,43,44). The van der Waals surface area contributed by atoms with E-state index in [0.29, 0.717) is 132 Å². The fourth-order valence-electron chi connectivity index (χ4n) is 5.02. The first-order valence-corrected chi connectivity index (χ1v) is 21.0. The van der Waals surface area contributed by atoms with Crippen molar-refractivity contribution in [2.75, 3.05) is 152 Å². The third kappa shape index (κ3) is 50.5. The van der Waals surface area contributed by atoms with Crippen LogP contribution in [0.5, 0.6) is 0 Å². The van der Waals surface area contributed by atoms with Gasteiger partial charge in [0, 0.05) is 13.2 Å². The van der Waals surface area contributed by atoms with Crippen LogP contribution in [-0.2, 0) is 61.7 Å². The Labute approximate surface area is 332 Å². The van der Waals surface area contributed by atoms with Crippen molar-refractivity contribution in [1.29, 1.82) is 0 Å². The van der Waals surface area contributed by atoms with Gasteiger partial charge in [-0.2, -0.15) is 0 Å². The highest BCUT2D eigenvalue weighted by Crippen LogP contribution is 2.13. The molecule has 0 fully saturated rings. The van der Waals surface area contributed by atoms with Gasteiger partial charge in [-0.3, -0.25) is 4.79 Å². The normalized spacial score (nSPS) is 11.4. The first-order chi connectivity index (χ1) is 27.2. The molecule has 0 bridgehead atoms. The Balaban J connectivity index is 3.09. The Morgan fingerprint density at radius 3 is 0.927 bits per heavy atom. The number of aliphatic carboxylic acids is 1. The van der Waals surface area contributed by atoms with Gasteiger partial charge in [0.15, 0.2) is 0 Å². The van der Waals surface area contributed by atoms with Gasteiger partial charge in [0.25, 0.3) is 0 Å². The molecule has 0 rings (SSSR count). The Bertz CT molecular complexity index is 767. The fraction of sp³-hybridized carbons (Fsp3) is 0.950. The van der Waals surface area contributed by atoms with Gasteiger partial charge in [-0.15, -0.1) is 0 Å². The van der Waals surface area contributed by atoms with Crippen LogP contribution in [0.1, 0.15) is 96.8 Å². The number of carbonyl (C=O) groups is 2.